The summed E-state index contributed by atoms with van der Waals surface area (Å²) in [6.45, 7) is 1.22. The van der Waals surface area contributed by atoms with E-state index in [1.54, 1.807) is 0 Å². The Labute approximate surface area is 137 Å². The van der Waals surface area contributed by atoms with E-state index in [0.29, 0.717) is 0 Å². The van der Waals surface area contributed by atoms with Gasteiger partial charge < -0.3 is 18.2 Å². The van der Waals surface area contributed by atoms with Crippen LogP contribution in [0.25, 0.3) is 0 Å². The van der Waals surface area contributed by atoms with Gasteiger partial charge >= 0.3 is 7.60 Å². The molecule has 2 rings (SSSR count). The lowest BCUT2D eigenvalue weighted by molar-refractivity contribution is 0.392. The largest absolute Gasteiger partial charge is 0.427 e. The van der Waals surface area contributed by atoms with Crippen LogP contribution in [-0.2, 0) is 26.7 Å². The van der Waals surface area contributed by atoms with Gasteiger partial charge in [0.2, 0.25) is 0 Å². The van der Waals surface area contributed by atoms with Crippen LogP contribution >= 0.6 is 7.60 Å². The standard InChI is InChI=1S/C13H13O7PS2/c1-21(14,19-10-4-2-6-12(8-10)22(15)16)20-11-5-3-7-13(9-11)23(17)18/h2-9H,1H3,(H,15,16)(H,17,18). The minimum Gasteiger partial charge on any atom is -0.416 e. The van der Waals surface area contributed by atoms with Gasteiger partial charge in [0.05, 0.1) is 16.5 Å². The van der Waals surface area contributed by atoms with Gasteiger partial charge in [-0.05, 0) is 36.4 Å². The Morgan fingerprint density at radius 1 is 0.870 bits per heavy atom. The molecule has 0 aliphatic carbocycles. The number of hydrogen-bond acceptors (Lipinski definition) is 5. The highest BCUT2D eigenvalue weighted by Crippen LogP contribution is 2.45. The van der Waals surface area contributed by atoms with Gasteiger partial charge in [-0.2, -0.15) is 0 Å². The molecule has 0 aliphatic heterocycles. The number of hydrogen-bond donors (Lipinski definition) is 2. The van der Waals surface area contributed by atoms with Crippen LogP contribution in [0.4, 0.5) is 0 Å². The van der Waals surface area contributed by atoms with E-state index >= 15 is 0 Å². The van der Waals surface area contributed by atoms with Crippen molar-refractivity contribution in [3.63, 3.8) is 0 Å². The van der Waals surface area contributed by atoms with E-state index in [0.717, 1.165) is 0 Å². The Hall–Kier alpha value is -1.51. The summed E-state index contributed by atoms with van der Waals surface area (Å²) in [7, 11) is -3.60. The maximum absolute atomic E-state index is 12.4. The van der Waals surface area contributed by atoms with Crippen LogP contribution in [0.1, 0.15) is 0 Å². The minimum atomic E-state index is -3.60. The van der Waals surface area contributed by atoms with Crippen LogP contribution in [0.3, 0.4) is 0 Å². The van der Waals surface area contributed by atoms with Crippen LogP contribution in [0, 0.1) is 0 Å². The molecule has 2 aromatic carbocycles. The van der Waals surface area contributed by atoms with Crippen molar-refractivity contribution in [2.75, 3.05) is 6.66 Å². The van der Waals surface area contributed by atoms with E-state index in [9.17, 15) is 13.0 Å². The van der Waals surface area contributed by atoms with Gasteiger partial charge in [-0.15, -0.1) is 0 Å². The van der Waals surface area contributed by atoms with Gasteiger partial charge in [0, 0.05) is 0 Å². The molecule has 0 radical (unpaired) electrons. The average Bonchev–Trinajstić information content (AvgIpc) is 2.46. The Morgan fingerprint density at radius 2 is 1.26 bits per heavy atom. The van der Waals surface area contributed by atoms with Crippen LogP contribution < -0.4 is 9.05 Å². The summed E-state index contributed by atoms with van der Waals surface area (Å²) in [5.74, 6) is 0.218. The molecule has 2 atom stereocenters. The summed E-state index contributed by atoms with van der Waals surface area (Å²) in [4.78, 5) is 0.195. The van der Waals surface area contributed by atoms with Gasteiger partial charge in [-0.1, -0.05) is 12.1 Å². The topological polar surface area (TPSA) is 110 Å². The van der Waals surface area contributed by atoms with E-state index in [1.165, 1.54) is 55.2 Å². The molecule has 0 saturated heterocycles. The molecular formula is C13H13O7PS2. The normalized spacial score (nSPS) is 16.1. The second kappa shape index (κ2) is 7.37. The van der Waals surface area contributed by atoms with Crippen molar-refractivity contribution in [2.45, 2.75) is 9.79 Å². The Bertz CT molecular complexity index is 745. The molecule has 2 unspecified atom stereocenters. The smallest absolute Gasteiger partial charge is 0.416 e. The third-order valence-corrected chi connectivity index (χ3v) is 4.96. The zero-order valence-electron chi connectivity index (χ0n) is 11.8. The molecule has 0 aromatic heterocycles. The predicted octanol–water partition coefficient (Wildman–Crippen LogP) is 3.13. The highest BCUT2D eigenvalue weighted by atomic mass is 32.2. The maximum Gasteiger partial charge on any atom is 0.427 e. The summed E-state index contributed by atoms with van der Waals surface area (Å²) >= 11 is -4.37. The van der Waals surface area contributed by atoms with Crippen molar-refractivity contribution in [2.24, 2.45) is 0 Å². The third kappa shape index (κ3) is 5.26. The predicted molar refractivity (Wildman–Crippen MR) is 85.7 cm³/mol. The van der Waals surface area contributed by atoms with Crippen LogP contribution in [0.2, 0.25) is 0 Å². The quantitative estimate of drug-likeness (QED) is 0.589. The average molecular weight is 376 g/mol. The van der Waals surface area contributed by atoms with E-state index in [2.05, 4.69) is 0 Å². The van der Waals surface area contributed by atoms with Gasteiger partial charge in [0.25, 0.3) is 0 Å². The fraction of sp³-hybridized carbons (Fsp3) is 0.0769. The molecule has 0 amide bonds. The highest BCUT2D eigenvalue weighted by molar-refractivity contribution is 7.79. The summed E-state index contributed by atoms with van der Waals surface area (Å²) < 4.78 is 63.0. The fourth-order valence-electron chi connectivity index (χ4n) is 1.68. The van der Waals surface area contributed by atoms with E-state index in [-0.39, 0.29) is 21.3 Å². The van der Waals surface area contributed by atoms with Crippen molar-refractivity contribution in [3.8, 4) is 11.5 Å². The van der Waals surface area contributed by atoms with Crippen LogP contribution in [0.5, 0.6) is 11.5 Å². The van der Waals surface area contributed by atoms with Gasteiger partial charge in [-0.25, -0.2) is 13.0 Å². The molecule has 2 aromatic rings. The van der Waals surface area contributed by atoms with Crippen molar-refractivity contribution in [1.82, 2.24) is 0 Å². The Morgan fingerprint density at radius 3 is 1.61 bits per heavy atom. The number of benzene rings is 2. The van der Waals surface area contributed by atoms with E-state index in [4.69, 9.17) is 18.2 Å². The molecule has 0 heterocycles. The van der Waals surface area contributed by atoms with E-state index in [1.807, 2.05) is 0 Å². The lowest BCUT2D eigenvalue weighted by Crippen LogP contribution is -2.00. The lowest BCUT2D eigenvalue weighted by Gasteiger charge is -2.16. The van der Waals surface area contributed by atoms with E-state index < -0.39 is 29.8 Å². The maximum atomic E-state index is 12.4. The van der Waals surface area contributed by atoms with Crippen molar-refractivity contribution in [1.29, 1.82) is 0 Å². The second-order valence-electron chi connectivity index (χ2n) is 4.40. The Kier molecular flexibility index (Phi) is 5.72. The molecule has 0 bridgehead atoms. The zero-order valence-corrected chi connectivity index (χ0v) is 14.3. The monoisotopic (exact) mass is 376 g/mol. The first-order chi connectivity index (χ1) is 10.8. The van der Waals surface area contributed by atoms with Crippen LogP contribution in [0.15, 0.2) is 58.3 Å². The van der Waals surface area contributed by atoms with Gasteiger partial charge in [0.15, 0.2) is 22.2 Å². The first kappa shape index (κ1) is 17.8. The van der Waals surface area contributed by atoms with Gasteiger partial charge in [0.1, 0.15) is 11.5 Å². The third-order valence-electron chi connectivity index (χ3n) is 2.56. The lowest BCUT2D eigenvalue weighted by atomic mass is 10.3. The SMILES string of the molecule is CP(=O)(Oc1cccc(S(=O)O)c1)Oc1cccc(S(=O)O)c1. The highest BCUT2D eigenvalue weighted by Gasteiger charge is 2.21. The van der Waals surface area contributed by atoms with Crippen LogP contribution in [-0.4, -0.2) is 24.2 Å². The Balaban J connectivity index is 2.17. The summed E-state index contributed by atoms with van der Waals surface area (Å²) in [6, 6.07) is 11.3. The van der Waals surface area contributed by atoms with Crippen molar-refractivity contribution >= 4 is 29.8 Å². The zero-order chi connectivity index (χ0) is 17.0. The molecular weight excluding hydrogens is 363 g/mol. The van der Waals surface area contributed by atoms with Gasteiger partial charge in [-0.3, -0.25) is 0 Å². The van der Waals surface area contributed by atoms with Crippen molar-refractivity contribution < 1.29 is 31.1 Å². The fourth-order valence-corrected chi connectivity index (χ4v) is 3.54. The minimum absolute atomic E-state index is 0.0974. The first-order valence-corrected chi connectivity index (χ1v) is 10.4. The molecule has 2 N–H and O–H groups in total. The summed E-state index contributed by atoms with van der Waals surface area (Å²) in [6.07, 6.45) is 0. The molecule has 23 heavy (non-hydrogen) atoms. The molecule has 7 nitrogen and oxygen atoms in total. The molecule has 10 heteroatoms. The molecule has 0 fully saturated rings. The number of rotatable bonds is 6. The summed E-state index contributed by atoms with van der Waals surface area (Å²) in [5.41, 5.74) is 0. The van der Waals surface area contributed by atoms with Crippen molar-refractivity contribution in [3.05, 3.63) is 48.5 Å². The second-order valence-corrected chi connectivity index (χ2v) is 8.25. The molecule has 0 aliphatic rings. The summed E-state index contributed by atoms with van der Waals surface area (Å²) in [5, 5.41) is 0. The molecule has 0 spiro atoms. The molecule has 0 saturated carbocycles. The first-order valence-electron chi connectivity index (χ1n) is 6.15. The molecule has 124 valence electrons.